The molecule has 1 aliphatic heterocycles. The Morgan fingerprint density at radius 1 is 1.42 bits per heavy atom. The summed E-state index contributed by atoms with van der Waals surface area (Å²) in [6.45, 7) is 8.61. The quantitative estimate of drug-likeness (QED) is 0.604. The number of aliphatic hydroxyl groups excluding tert-OH is 1. The van der Waals surface area contributed by atoms with Crippen LogP contribution < -0.4 is 16.0 Å². The summed E-state index contributed by atoms with van der Waals surface area (Å²) in [5.41, 5.74) is 1.60. The molecule has 132 valence electrons. The van der Waals surface area contributed by atoms with E-state index in [0.717, 1.165) is 49.5 Å². The number of nitrogens with zero attached hydrogens (tertiary/aromatic N) is 4. The van der Waals surface area contributed by atoms with Gasteiger partial charge in [-0.15, -0.1) is 0 Å². The van der Waals surface area contributed by atoms with Gasteiger partial charge in [0.15, 0.2) is 17.0 Å². The van der Waals surface area contributed by atoms with Crippen molar-refractivity contribution >= 4 is 22.9 Å². The number of aromatic nitrogens is 4. The zero-order chi connectivity index (χ0) is 17.1. The number of hydrogen-bond donors (Lipinski definition) is 4. The van der Waals surface area contributed by atoms with Gasteiger partial charge in [-0.25, -0.2) is 4.98 Å². The number of fused-ring (bicyclic) bond motifs is 1. The average Bonchev–Trinajstić information content (AvgIpc) is 3.21. The fraction of sp³-hybridized carbons (Fsp3) is 0.688. The van der Waals surface area contributed by atoms with Crippen molar-refractivity contribution in [3.63, 3.8) is 0 Å². The van der Waals surface area contributed by atoms with Crippen molar-refractivity contribution in [3.8, 4) is 0 Å². The highest BCUT2D eigenvalue weighted by Gasteiger charge is 2.20. The second kappa shape index (κ2) is 7.31. The standard InChI is InChI=1S/C16H27N7O/c1-4-12(10(3)24)20-16-21-14(19-11-6-7-17-8-11)13-15(22-16)23(5-2)9-18-13/h9-12,17,24H,4-8H2,1-3H3,(H2,19,20,21,22)/t10-,11+,12+/m1/s1. The van der Waals surface area contributed by atoms with Crippen LogP contribution in [0.15, 0.2) is 6.33 Å². The smallest absolute Gasteiger partial charge is 0.227 e. The Bertz CT molecular complexity index is 678. The minimum absolute atomic E-state index is 0.0820. The van der Waals surface area contributed by atoms with Gasteiger partial charge in [0.05, 0.1) is 18.5 Å². The van der Waals surface area contributed by atoms with Crippen molar-refractivity contribution in [2.24, 2.45) is 0 Å². The van der Waals surface area contributed by atoms with E-state index in [4.69, 9.17) is 0 Å². The molecule has 8 nitrogen and oxygen atoms in total. The molecule has 0 amide bonds. The Labute approximate surface area is 142 Å². The van der Waals surface area contributed by atoms with E-state index < -0.39 is 6.10 Å². The van der Waals surface area contributed by atoms with Gasteiger partial charge in [-0.3, -0.25) is 0 Å². The Kier molecular flexibility index (Phi) is 5.15. The van der Waals surface area contributed by atoms with Crippen molar-refractivity contribution in [2.45, 2.75) is 58.3 Å². The van der Waals surface area contributed by atoms with Crippen molar-refractivity contribution in [3.05, 3.63) is 6.33 Å². The van der Waals surface area contributed by atoms with E-state index in [9.17, 15) is 5.11 Å². The third kappa shape index (κ3) is 3.44. The second-order valence-corrected chi connectivity index (χ2v) is 6.33. The molecule has 0 saturated carbocycles. The molecule has 0 radical (unpaired) electrons. The molecule has 1 aliphatic rings. The molecule has 8 heteroatoms. The highest BCUT2D eigenvalue weighted by atomic mass is 16.3. The number of nitrogens with one attached hydrogen (secondary N) is 3. The molecule has 3 rings (SSSR count). The number of aryl methyl sites for hydroxylation is 1. The zero-order valence-electron chi connectivity index (χ0n) is 14.6. The van der Waals surface area contributed by atoms with Crippen LogP contribution in [0.25, 0.3) is 11.2 Å². The van der Waals surface area contributed by atoms with Crippen LogP contribution in [0.5, 0.6) is 0 Å². The topological polar surface area (TPSA) is 99.9 Å². The molecule has 0 aromatic carbocycles. The van der Waals surface area contributed by atoms with Gasteiger partial charge in [-0.2, -0.15) is 9.97 Å². The maximum Gasteiger partial charge on any atom is 0.227 e. The first-order valence-electron chi connectivity index (χ1n) is 8.77. The third-order valence-electron chi connectivity index (χ3n) is 4.54. The summed E-state index contributed by atoms with van der Waals surface area (Å²) in [6.07, 6.45) is 3.18. The fourth-order valence-electron chi connectivity index (χ4n) is 3.04. The van der Waals surface area contributed by atoms with Gasteiger partial charge < -0.3 is 25.6 Å². The lowest BCUT2D eigenvalue weighted by Gasteiger charge is -2.20. The Hall–Kier alpha value is -1.93. The molecular weight excluding hydrogens is 306 g/mol. The number of hydrogen-bond acceptors (Lipinski definition) is 7. The molecule has 1 fully saturated rings. The second-order valence-electron chi connectivity index (χ2n) is 6.33. The summed E-state index contributed by atoms with van der Waals surface area (Å²) >= 11 is 0. The Morgan fingerprint density at radius 2 is 2.25 bits per heavy atom. The largest absolute Gasteiger partial charge is 0.391 e. The van der Waals surface area contributed by atoms with Gasteiger partial charge >= 0.3 is 0 Å². The first kappa shape index (κ1) is 16.9. The van der Waals surface area contributed by atoms with Gasteiger partial charge in [-0.05, 0) is 33.2 Å². The molecule has 24 heavy (non-hydrogen) atoms. The Morgan fingerprint density at radius 3 is 2.88 bits per heavy atom. The summed E-state index contributed by atoms with van der Waals surface area (Å²) < 4.78 is 2.00. The van der Waals surface area contributed by atoms with Crippen molar-refractivity contribution in [1.82, 2.24) is 24.8 Å². The van der Waals surface area contributed by atoms with Gasteiger partial charge in [0.25, 0.3) is 0 Å². The maximum absolute atomic E-state index is 9.89. The van der Waals surface area contributed by atoms with Crippen LogP contribution in [-0.4, -0.2) is 55.9 Å². The molecule has 0 bridgehead atoms. The van der Waals surface area contributed by atoms with Crippen LogP contribution in [0.1, 0.15) is 33.6 Å². The molecule has 0 aliphatic carbocycles. The van der Waals surface area contributed by atoms with Crippen LogP contribution in [-0.2, 0) is 6.54 Å². The minimum Gasteiger partial charge on any atom is -0.391 e. The Balaban J connectivity index is 1.96. The van der Waals surface area contributed by atoms with E-state index in [0.29, 0.717) is 12.0 Å². The SMILES string of the molecule is CC[C@H](Nc1nc(N[C@H]2CCNC2)c2ncn(CC)c2n1)[C@@H](C)O. The van der Waals surface area contributed by atoms with E-state index in [1.807, 2.05) is 11.5 Å². The highest BCUT2D eigenvalue weighted by Crippen LogP contribution is 2.23. The summed E-state index contributed by atoms with van der Waals surface area (Å²) in [6, 6.07) is 0.267. The summed E-state index contributed by atoms with van der Waals surface area (Å²) in [4.78, 5) is 13.7. The molecule has 0 unspecified atom stereocenters. The van der Waals surface area contributed by atoms with E-state index >= 15 is 0 Å². The number of imidazole rings is 1. The highest BCUT2D eigenvalue weighted by molar-refractivity contribution is 5.84. The lowest BCUT2D eigenvalue weighted by molar-refractivity contribution is 0.169. The fourth-order valence-corrected chi connectivity index (χ4v) is 3.04. The maximum atomic E-state index is 9.89. The van der Waals surface area contributed by atoms with E-state index in [-0.39, 0.29) is 6.04 Å². The molecular formula is C16H27N7O. The number of rotatable bonds is 7. The molecule has 2 aromatic heterocycles. The van der Waals surface area contributed by atoms with Crippen LogP contribution in [0.4, 0.5) is 11.8 Å². The summed E-state index contributed by atoms with van der Waals surface area (Å²) in [5, 5.41) is 20.0. The average molecular weight is 333 g/mol. The number of aliphatic hydroxyl groups is 1. The minimum atomic E-state index is -0.471. The number of anilines is 2. The third-order valence-corrected chi connectivity index (χ3v) is 4.54. The van der Waals surface area contributed by atoms with Crippen LogP contribution in [0, 0.1) is 0 Å². The van der Waals surface area contributed by atoms with Crippen molar-refractivity contribution in [2.75, 3.05) is 23.7 Å². The first-order chi connectivity index (χ1) is 11.6. The zero-order valence-corrected chi connectivity index (χ0v) is 14.6. The molecule has 2 aromatic rings. The summed E-state index contributed by atoms with van der Waals surface area (Å²) in [5.74, 6) is 1.28. The molecule has 3 heterocycles. The normalized spacial score (nSPS) is 20.2. The predicted molar refractivity (Wildman–Crippen MR) is 95.3 cm³/mol. The van der Waals surface area contributed by atoms with Gasteiger partial charge in [0.2, 0.25) is 5.95 Å². The summed E-state index contributed by atoms with van der Waals surface area (Å²) in [7, 11) is 0. The van der Waals surface area contributed by atoms with Gasteiger partial charge in [-0.1, -0.05) is 6.92 Å². The van der Waals surface area contributed by atoms with E-state index in [2.05, 4.69) is 37.8 Å². The van der Waals surface area contributed by atoms with Crippen LogP contribution in [0.2, 0.25) is 0 Å². The van der Waals surface area contributed by atoms with Gasteiger partial charge in [0, 0.05) is 19.1 Å². The van der Waals surface area contributed by atoms with E-state index in [1.54, 1.807) is 13.3 Å². The lowest BCUT2D eigenvalue weighted by Crippen LogP contribution is -2.31. The molecule has 4 N–H and O–H groups in total. The molecule has 0 spiro atoms. The van der Waals surface area contributed by atoms with Gasteiger partial charge in [0.1, 0.15) is 0 Å². The van der Waals surface area contributed by atoms with Crippen LogP contribution >= 0.6 is 0 Å². The van der Waals surface area contributed by atoms with E-state index in [1.165, 1.54) is 0 Å². The van der Waals surface area contributed by atoms with Crippen LogP contribution in [0.3, 0.4) is 0 Å². The lowest BCUT2D eigenvalue weighted by atomic mass is 10.1. The van der Waals surface area contributed by atoms with Crippen molar-refractivity contribution < 1.29 is 5.11 Å². The first-order valence-corrected chi connectivity index (χ1v) is 8.77. The monoisotopic (exact) mass is 333 g/mol. The molecule has 3 atom stereocenters. The predicted octanol–water partition coefficient (Wildman–Crippen LogP) is 1.19. The van der Waals surface area contributed by atoms with Crippen molar-refractivity contribution in [1.29, 1.82) is 0 Å². The molecule has 1 saturated heterocycles.